The van der Waals surface area contributed by atoms with E-state index < -0.39 is 17.4 Å². The number of aliphatic hydroxyl groups is 1. The number of fused-ring (bicyclic) bond motifs is 1. The van der Waals surface area contributed by atoms with Gasteiger partial charge in [0.25, 0.3) is 0 Å². The van der Waals surface area contributed by atoms with Crippen LogP contribution in [-0.4, -0.2) is 68.8 Å². The van der Waals surface area contributed by atoms with Crippen molar-refractivity contribution in [2.24, 2.45) is 23.2 Å². The zero-order valence-corrected chi connectivity index (χ0v) is 31.7. The second-order valence-corrected chi connectivity index (χ2v) is 17.7. The van der Waals surface area contributed by atoms with E-state index in [1.807, 2.05) is 50.4 Å². The largest absolute Gasteiger partial charge is 0.392 e. The summed E-state index contributed by atoms with van der Waals surface area (Å²) in [5.74, 6) is -0.414. The summed E-state index contributed by atoms with van der Waals surface area (Å²) in [6, 6.07) is 5.49. The number of aromatic nitrogens is 2. The van der Waals surface area contributed by atoms with Crippen LogP contribution in [0.25, 0.3) is 6.08 Å². The number of carbonyl (C=O) groups is 3. The number of hydrogen-bond acceptors (Lipinski definition) is 10. The molecule has 4 heterocycles. The van der Waals surface area contributed by atoms with Crippen molar-refractivity contribution in [1.82, 2.24) is 20.6 Å². The van der Waals surface area contributed by atoms with Crippen molar-refractivity contribution >= 4 is 56.6 Å². The molecular weight excluding hydrogens is 665 g/mol. The number of nitrogens with zero attached hydrogens (tertiary/aromatic N) is 2. The SMILES string of the molecule is C/C(=C\c1csc(C)n1)[C@@H]1C[C@@H]2O[C@]2(C)CCC[C@H](C)[C@H](CC(=O)NCCSSc2ccccn2)[C@@H](C)C(=O)C(C)(C)[C@@H](O)CC(=O)N1. The number of epoxide rings is 1. The van der Waals surface area contributed by atoms with Gasteiger partial charge in [-0.15, -0.1) is 11.3 Å². The molecule has 2 aliphatic heterocycles. The third kappa shape index (κ3) is 10.6. The third-order valence-electron chi connectivity index (χ3n) is 10.1. The molecule has 0 bridgehead atoms. The number of nitrogens with one attached hydrogen (secondary N) is 2. The van der Waals surface area contributed by atoms with Crippen molar-refractivity contribution in [3.8, 4) is 0 Å². The van der Waals surface area contributed by atoms with E-state index in [1.54, 1.807) is 53.0 Å². The summed E-state index contributed by atoms with van der Waals surface area (Å²) in [6.07, 6.45) is 5.78. The van der Waals surface area contributed by atoms with Crippen molar-refractivity contribution in [2.75, 3.05) is 12.3 Å². The van der Waals surface area contributed by atoms with Gasteiger partial charge in [0.05, 0.1) is 46.4 Å². The van der Waals surface area contributed by atoms with Gasteiger partial charge in [0.1, 0.15) is 10.8 Å². The Bertz CT molecular complexity index is 1430. The minimum Gasteiger partial charge on any atom is -0.392 e. The minimum atomic E-state index is -1.19. The van der Waals surface area contributed by atoms with Gasteiger partial charge in [-0.3, -0.25) is 14.4 Å². The molecule has 264 valence electrons. The van der Waals surface area contributed by atoms with Crippen molar-refractivity contribution in [2.45, 2.75) is 116 Å². The second-order valence-electron chi connectivity index (χ2n) is 14.2. The van der Waals surface area contributed by atoms with Crippen LogP contribution in [0.5, 0.6) is 0 Å². The highest BCUT2D eigenvalue weighted by Gasteiger charge is 2.52. The summed E-state index contributed by atoms with van der Waals surface area (Å²) in [6.45, 7) is 14.0. The summed E-state index contributed by atoms with van der Waals surface area (Å²) < 4.78 is 6.24. The molecule has 0 saturated carbocycles. The Morgan fingerprint density at radius 1 is 1.25 bits per heavy atom. The van der Waals surface area contributed by atoms with E-state index in [9.17, 15) is 19.5 Å². The fraction of sp³-hybridized carbons (Fsp3) is 0.639. The molecule has 0 aliphatic carbocycles. The summed E-state index contributed by atoms with van der Waals surface area (Å²) in [4.78, 5) is 49.5. The van der Waals surface area contributed by atoms with Gasteiger partial charge in [-0.05, 0) is 73.6 Å². The lowest BCUT2D eigenvalue weighted by molar-refractivity contribution is -0.141. The number of carbonyl (C=O) groups excluding carboxylic acids is 3. The summed E-state index contributed by atoms with van der Waals surface area (Å²) >= 11 is 1.58. The quantitative estimate of drug-likeness (QED) is 0.148. The summed E-state index contributed by atoms with van der Waals surface area (Å²) in [7, 11) is 3.21. The van der Waals surface area contributed by atoms with Gasteiger partial charge in [-0.1, -0.05) is 57.4 Å². The Morgan fingerprint density at radius 3 is 2.71 bits per heavy atom. The number of aliphatic hydroxyl groups excluding tert-OH is 1. The van der Waals surface area contributed by atoms with Gasteiger partial charge in [-0.25, -0.2) is 9.97 Å². The van der Waals surface area contributed by atoms with Crippen LogP contribution < -0.4 is 10.6 Å². The number of Topliss-reactive ketones (excluding diaryl/α,β-unsaturated/α-hetero) is 1. The highest BCUT2D eigenvalue weighted by Crippen LogP contribution is 2.45. The fourth-order valence-corrected chi connectivity index (χ4v) is 9.02. The van der Waals surface area contributed by atoms with E-state index in [-0.39, 0.29) is 60.0 Å². The van der Waals surface area contributed by atoms with E-state index in [1.165, 1.54) is 0 Å². The number of ether oxygens (including phenoxy) is 1. The molecule has 48 heavy (non-hydrogen) atoms. The molecule has 2 aliphatic rings. The van der Waals surface area contributed by atoms with Crippen LogP contribution in [0.3, 0.4) is 0 Å². The molecule has 2 aromatic heterocycles. The van der Waals surface area contributed by atoms with Gasteiger partial charge in [-0.2, -0.15) is 0 Å². The topological polar surface area (TPSA) is 134 Å². The lowest BCUT2D eigenvalue weighted by Gasteiger charge is -2.36. The fourth-order valence-electron chi connectivity index (χ4n) is 6.67. The van der Waals surface area contributed by atoms with Crippen LogP contribution in [0.4, 0.5) is 0 Å². The lowest BCUT2D eigenvalue weighted by atomic mass is 9.68. The van der Waals surface area contributed by atoms with Gasteiger partial charge in [0, 0.05) is 42.6 Å². The molecule has 3 N–H and O–H groups in total. The normalized spacial score (nSPS) is 30.3. The minimum absolute atomic E-state index is 0.0105. The molecule has 2 saturated heterocycles. The van der Waals surface area contributed by atoms with Crippen LogP contribution in [0.15, 0.2) is 40.4 Å². The van der Waals surface area contributed by atoms with Crippen molar-refractivity contribution in [3.63, 3.8) is 0 Å². The molecule has 0 unspecified atom stereocenters. The molecule has 0 spiro atoms. The Balaban J connectivity index is 1.44. The van der Waals surface area contributed by atoms with Crippen LogP contribution in [0, 0.1) is 30.1 Å². The monoisotopic (exact) mass is 716 g/mol. The predicted octanol–water partition coefficient (Wildman–Crippen LogP) is 6.65. The number of thiazole rings is 1. The Kier molecular flexibility index (Phi) is 13.7. The third-order valence-corrected chi connectivity index (χ3v) is 13.1. The van der Waals surface area contributed by atoms with Crippen LogP contribution in [0.1, 0.15) is 90.8 Å². The lowest BCUT2D eigenvalue weighted by Crippen LogP contribution is -2.47. The maximum atomic E-state index is 14.1. The van der Waals surface area contributed by atoms with E-state index in [0.717, 1.165) is 46.3 Å². The molecule has 4 rings (SSSR count). The van der Waals surface area contributed by atoms with Crippen molar-refractivity contribution in [3.05, 3.63) is 46.1 Å². The molecule has 7 atom stereocenters. The highest BCUT2D eigenvalue weighted by atomic mass is 33.1. The number of hydrogen-bond donors (Lipinski definition) is 3. The first kappa shape index (κ1) is 38.6. The molecule has 0 aromatic carbocycles. The maximum Gasteiger partial charge on any atom is 0.223 e. The van der Waals surface area contributed by atoms with Crippen LogP contribution in [-0.2, 0) is 19.1 Å². The zero-order valence-electron chi connectivity index (χ0n) is 29.3. The van der Waals surface area contributed by atoms with E-state index in [2.05, 4.69) is 34.4 Å². The number of rotatable bonds is 9. The summed E-state index contributed by atoms with van der Waals surface area (Å²) in [5.41, 5.74) is 0.342. The Hall–Kier alpha value is -2.25. The van der Waals surface area contributed by atoms with E-state index in [0.29, 0.717) is 13.0 Å². The standard InChI is InChI=1S/C36H52N4O5S3/c1-22-11-10-13-36(7)30(45-36)19-28(23(2)17-26-21-46-25(4)39-26)40-32(43)20-29(41)35(5,6)34(44)24(3)27(22)18-31(42)37-15-16-47-48-33-12-8-9-14-38-33/h8-9,12,14,17,21-22,24,27-30,41H,10-11,13,15-16,18-20H2,1-7H3,(H,37,42)(H,40,43)/b23-17+/t22-,24+,27-,28-,29-,30-,36+/m0/s1. The Labute approximate surface area is 297 Å². The second kappa shape index (κ2) is 17.1. The average molecular weight is 717 g/mol. The highest BCUT2D eigenvalue weighted by molar-refractivity contribution is 8.76. The number of ketones is 1. The average Bonchev–Trinajstić information content (AvgIpc) is 3.48. The number of aryl methyl sites for hydroxylation is 1. The molecule has 2 aromatic rings. The molecule has 2 fully saturated rings. The Morgan fingerprint density at radius 2 is 2.02 bits per heavy atom. The van der Waals surface area contributed by atoms with Crippen LogP contribution in [0.2, 0.25) is 0 Å². The van der Waals surface area contributed by atoms with Crippen molar-refractivity contribution < 1.29 is 24.2 Å². The first-order chi connectivity index (χ1) is 22.7. The molecule has 0 radical (unpaired) electrons. The maximum absolute atomic E-state index is 14.1. The molecular formula is C36H52N4O5S3. The van der Waals surface area contributed by atoms with Crippen LogP contribution >= 0.6 is 32.9 Å². The molecule has 2 amide bonds. The predicted molar refractivity (Wildman–Crippen MR) is 196 cm³/mol. The first-order valence-corrected chi connectivity index (χ1v) is 20.2. The number of pyridine rings is 1. The van der Waals surface area contributed by atoms with Crippen molar-refractivity contribution in [1.29, 1.82) is 0 Å². The first-order valence-electron chi connectivity index (χ1n) is 17.0. The molecule has 12 heteroatoms. The van der Waals surface area contributed by atoms with E-state index >= 15 is 0 Å². The van der Waals surface area contributed by atoms with Gasteiger partial charge in [0.15, 0.2) is 0 Å². The zero-order chi connectivity index (χ0) is 35.1. The van der Waals surface area contributed by atoms with E-state index in [4.69, 9.17) is 4.74 Å². The molecule has 9 nitrogen and oxygen atoms in total. The van der Waals surface area contributed by atoms with Gasteiger partial charge < -0.3 is 20.5 Å². The summed E-state index contributed by atoms with van der Waals surface area (Å²) in [5, 5.41) is 21.4. The van der Waals surface area contributed by atoms with Gasteiger partial charge in [0.2, 0.25) is 11.8 Å². The smallest absolute Gasteiger partial charge is 0.223 e. The van der Waals surface area contributed by atoms with Gasteiger partial charge >= 0.3 is 0 Å². The number of amides is 2.